The van der Waals surface area contributed by atoms with Crippen LogP contribution in [0.15, 0.2) is 24.3 Å². The number of hydrogen-bond acceptors (Lipinski definition) is 2. The molecule has 0 fully saturated rings. The van der Waals surface area contributed by atoms with E-state index in [4.69, 9.17) is 4.74 Å². The van der Waals surface area contributed by atoms with Gasteiger partial charge in [-0.15, -0.1) is 0 Å². The molecule has 2 nitrogen and oxygen atoms in total. The van der Waals surface area contributed by atoms with Gasteiger partial charge in [0.05, 0.1) is 0 Å². The first-order valence-electron chi connectivity index (χ1n) is 11.0. The number of nitrogens with one attached hydrogen (secondary N) is 1. The van der Waals surface area contributed by atoms with Crippen LogP contribution < -0.4 is 10.1 Å². The van der Waals surface area contributed by atoms with Crippen molar-refractivity contribution < 1.29 is 4.74 Å². The van der Waals surface area contributed by atoms with Gasteiger partial charge in [-0.05, 0) is 63.9 Å². The second-order valence-electron chi connectivity index (χ2n) is 7.80. The lowest BCUT2D eigenvalue weighted by atomic mass is 9.87. The van der Waals surface area contributed by atoms with Gasteiger partial charge >= 0.3 is 0 Å². The third kappa shape index (κ3) is 27.3. The number of ether oxygens (including phenoxy) is 1. The molecule has 0 atom stereocenters. The number of rotatable bonds is 3. The van der Waals surface area contributed by atoms with Gasteiger partial charge in [0.2, 0.25) is 0 Å². The Morgan fingerprint density at radius 2 is 1.15 bits per heavy atom. The quantitative estimate of drug-likeness (QED) is 0.567. The van der Waals surface area contributed by atoms with E-state index in [9.17, 15) is 0 Å². The molecule has 0 spiro atoms. The van der Waals surface area contributed by atoms with Gasteiger partial charge in [0.1, 0.15) is 11.4 Å². The normalized spacial score (nSPS) is 9.70. The summed E-state index contributed by atoms with van der Waals surface area (Å²) in [6.07, 6.45) is 2.48. The molecule has 1 aromatic rings. The Morgan fingerprint density at radius 3 is 1.33 bits per heavy atom. The molecule has 0 saturated heterocycles. The first-order valence-corrected chi connectivity index (χ1v) is 11.0. The molecule has 0 aliphatic carbocycles. The van der Waals surface area contributed by atoms with Gasteiger partial charge in [-0.25, -0.2) is 0 Å². The minimum atomic E-state index is -0.122. The molecule has 0 aromatic heterocycles. The summed E-state index contributed by atoms with van der Waals surface area (Å²) in [5, 5.41) is 3.02. The van der Waals surface area contributed by atoms with Crippen molar-refractivity contribution in [3.05, 3.63) is 29.8 Å². The summed E-state index contributed by atoms with van der Waals surface area (Å²) >= 11 is 0. The van der Waals surface area contributed by atoms with Gasteiger partial charge in [0.25, 0.3) is 0 Å². The highest BCUT2D eigenvalue weighted by molar-refractivity contribution is 5.31. The second-order valence-corrected chi connectivity index (χ2v) is 7.80. The molecule has 1 aromatic carbocycles. The van der Waals surface area contributed by atoms with Gasteiger partial charge in [0, 0.05) is 0 Å². The maximum Gasteiger partial charge on any atom is 0.120 e. The van der Waals surface area contributed by atoms with Crippen LogP contribution in [-0.2, 0) is 5.41 Å². The van der Waals surface area contributed by atoms with E-state index in [-0.39, 0.29) is 11.0 Å². The molecule has 1 N–H and O–H groups in total. The van der Waals surface area contributed by atoms with Crippen LogP contribution in [0, 0.1) is 0 Å². The van der Waals surface area contributed by atoms with Crippen LogP contribution in [0.25, 0.3) is 0 Å². The van der Waals surface area contributed by atoms with Crippen molar-refractivity contribution in [3.8, 4) is 5.75 Å². The van der Waals surface area contributed by atoms with Crippen molar-refractivity contribution in [2.75, 3.05) is 13.6 Å². The van der Waals surface area contributed by atoms with Crippen LogP contribution in [-0.4, -0.2) is 19.2 Å². The average molecular weight is 384 g/mol. The highest BCUT2D eigenvalue weighted by atomic mass is 16.5. The van der Waals surface area contributed by atoms with Gasteiger partial charge in [-0.1, -0.05) is 87.8 Å². The van der Waals surface area contributed by atoms with Crippen LogP contribution in [0.1, 0.15) is 108 Å². The van der Waals surface area contributed by atoms with Crippen molar-refractivity contribution in [2.24, 2.45) is 0 Å². The van der Waals surface area contributed by atoms with E-state index in [1.165, 1.54) is 18.4 Å². The fourth-order valence-corrected chi connectivity index (χ4v) is 1.63. The maximum atomic E-state index is 5.77. The fourth-order valence-electron chi connectivity index (χ4n) is 1.63. The topological polar surface area (TPSA) is 21.3 Å². The molecule has 0 aliphatic rings. The minimum Gasteiger partial charge on any atom is -0.488 e. The summed E-state index contributed by atoms with van der Waals surface area (Å²) in [6.45, 7) is 28.4. The molecule has 27 heavy (non-hydrogen) atoms. The van der Waals surface area contributed by atoms with E-state index in [1.807, 2.05) is 46.9 Å². The number of benzene rings is 1. The van der Waals surface area contributed by atoms with Crippen LogP contribution >= 0.6 is 0 Å². The van der Waals surface area contributed by atoms with Crippen LogP contribution in [0.5, 0.6) is 5.75 Å². The Balaban J connectivity index is -0.000000183. The van der Waals surface area contributed by atoms with E-state index in [0.717, 1.165) is 12.3 Å². The van der Waals surface area contributed by atoms with Crippen LogP contribution in [0.4, 0.5) is 0 Å². The van der Waals surface area contributed by atoms with E-state index >= 15 is 0 Å². The lowest BCUT2D eigenvalue weighted by Crippen LogP contribution is -2.23. The van der Waals surface area contributed by atoms with Gasteiger partial charge in [-0.2, -0.15) is 0 Å². The standard InChI is InChI=1S/C14H22O.C4H11N.C3H8.2C2H6/c1-13(2,3)11-7-9-12(10-8-11)15-14(4,5)6;1-3-4-5-2;1-3-2;2*1-2/h7-10H,1-6H3;5H,3-4H2,1-2H3;3H2,1-2H3;2*1-2H3. The molecular formula is C25H53NO. The highest BCUT2D eigenvalue weighted by Gasteiger charge is 2.15. The molecule has 0 unspecified atom stereocenters. The second kappa shape index (κ2) is 21.3. The molecule has 0 aliphatic heterocycles. The molecular weight excluding hydrogens is 330 g/mol. The van der Waals surface area contributed by atoms with Crippen LogP contribution in [0.2, 0.25) is 0 Å². The Hall–Kier alpha value is -1.02. The summed E-state index contributed by atoms with van der Waals surface area (Å²) < 4.78 is 5.77. The summed E-state index contributed by atoms with van der Waals surface area (Å²) in [5.74, 6) is 0.940. The lowest BCUT2D eigenvalue weighted by molar-refractivity contribution is 0.131. The van der Waals surface area contributed by atoms with Gasteiger partial charge in [-0.3, -0.25) is 0 Å². The SMILES string of the molecule is CC.CC.CC(C)(C)Oc1ccc(C(C)(C)C)cc1.CCC.CCCNC. The molecule has 164 valence electrons. The summed E-state index contributed by atoms with van der Waals surface area (Å²) in [7, 11) is 1.96. The van der Waals surface area contributed by atoms with Gasteiger partial charge in [0.15, 0.2) is 0 Å². The van der Waals surface area contributed by atoms with Crippen molar-refractivity contribution in [3.63, 3.8) is 0 Å². The van der Waals surface area contributed by atoms with E-state index in [1.54, 1.807) is 0 Å². The summed E-state index contributed by atoms with van der Waals surface area (Å²) in [5.41, 5.74) is 1.42. The molecule has 0 bridgehead atoms. The van der Waals surface area contributed by atoms with Crippen molar-refractivity contribution in [1.82, 2.24) is 5.32 Å². The van der Waals surface area contributed by atoms with Crippen LogP contribution in [0.3, 0.4) is 0 Å². The van der Waals surface area contributed by atoms with Gasteiger partial charge < -0.3 is 10.1 Å². The smallest absolute Gasteiger partial charge is 0.120 e. The predicted molar refractivity (Wildman–Crippen MR) is 128 cm³/mol. The zero-order chi connectivity index (χ0) is 22.5. The average Bonchev–Trinajstić information content (AvgIpc) is 2.59. The first kappa shape index (κ1) is 33.6. The Kier molecular flexibility index (Phi) is 26.4. The minimum absolute atomic E-state index is 0.122. The molecule has 1 rings (SSSR count). The summed E-state index contributed by atoms with van der Waals surface area (Å²) in [4.78, 5) is 0. The largest absolute Gasteiger partial charge is 0.488 e. The predicted octanol–water partition coefficient (Wildman–Crippen LogP) is 8.25. The molecule has 0 heterocycles. The Morgan fingerprint density at radius 1 is 0.778 bits per heavy atom. The third-order valence-corrected chi connectivity index (χ3v) is 2.64. The zero-order valence-corrected chi connectivity index (χ0v) is 21.3. The molecule has 0 amide bonds. The summed E-state index contributed by atoms with van der Waals surface area (Å²) in [6, 6.07) is 8.37. The monoisotopic (exact) mass is 383 g/mol. The zero-order valence-electron chi connectivity index (χ0n) is 21.3. The van der Waals surface area contributed by atoms with E-state index < -0.39 is 0 Å². The lowest BCUT2D eigenvalue weighted by Gasteiger charge is -2.23. The molecule has 0 radical (unpaired) electrons. The highest BCUT2D eigenvalue weighted by Crippen LogP contribution is 2.25. The Labute approximate surface area is 173 Å². The fraction of sp³-hybridized carbons (Fsp3) is 0.760. The Bertz CT molecular complexity index is 367. The van der Waals surface area contributed by atoms with Crippen molar-refractivity contribution in [2.45, 2.75) is 114 Å². The molecule has 0 saturated carbocycles. The van der Waals surface area contributed by atoms with Crippen molar-refractivity contribution >= 4 is 0 Å². The third-order valence-electron chi connectivity index (χ3n) is 2.64. The number of hydrogen-bond donors (Lipinski definition) is 1. The molecule has 2 heteroatoms. The first-order chi connectivity index (χ1) is 12.5. The maximum absolute atomic E-state index is 5.77. The van der Waals surface area contributed by atoms with Crippen molar-refractivity contribution in [1.29, 1.82) is 0 Å². The van der Waals surface area contributed by atoms with E-state index in [2.05, 4.69) is 79.8 Å². The van der Waals surface area contributed by atoms with E-state index in [0.29, 0.717) is 0 Å².